The van der Waals surface area contributed by atoms with E-state index in [-0.39, 0.29) is 11.5 Å². The molecule has 6 heteroatoms. The van der Waals surface area contributed by atoms with Crippen LogP contribution in [0.5, 0.6) is 5.75 Å². The van der Waals surface area contributed by atoms with Crippen molar-refractivity contribution in [1.29, 1.82) is 0 Å². The molecule has 1 amide bonds. The Kier molecular flexibility index (Phi) is 3.71. The summed E-state index contributed by atoms with van der Waals surface area (Å²) in [4.78, 5) is 26.2. The number of nitrogens with zero attached hydrogens (tertiary/aromatic N) is 1. The summed E-state index contributed by atoms with van der Waals surface area (Å²) >= 11 is 3.38. The van der Waals surface area contributed by atoms with Crippen molar-refractivity contribution in [1.82, 2.24) is 4.90 Å². The van der Waals surface area contributed by atoms with Gasteiger partial charge >= 0.3 is 5.63 Å². The van der Waals surface area contributed by atoms with E-state index >= 15 is 0 Å². The Morgan fingerprint density at radius 3 is 2.67 bits per heavy atom. The van der Waals surface area contributed by atoms with E-state index in [2.05, 4.69) is 15.9 Å². The fourth-order valence-electron chi connectivity index (χ4n) is 2.56. The molecule has 1 fully saturated rings. The van der Waals surface area contributed by atoms with Crippen molar-refractivity contribution < 1.29 is 13.9 Å². The van der Waals surface area contributed by atoms with Crippen LogP contribution < -0.4 is 10.4 Å². The van der Waals surface area contributed by atoms with Crippen LogP contribution in [0.15, 0.2) is 31.9 Å². The Morgan fingerprint density at radius 2 is 2.00 bits per heavy atom. The minimum Gasteiger partial charge on any atom is -0.493 e. The normalized spacial score (nSPS) is 14.7. The molecular formula is C15H14BrNO4. The predicted molar refractivity (Wildman–Crippen MR) is 81.9 cm³/mol. The standard InChI is InChI=1S/C15H14BrNO4/c1-20-12-8-10(16)6-9-7-11(15(19)21-13(9)12)14(18)17-4-2-3-5-17/h6-8H,2-5H2,1H3. The number of hydrogen-bond donors (Lipinski definition) is 0. The average Bonchev–Trinajstić information content (AvgIpc) is 2.99. The average molecular weight is 352 g/mol. The molecule has 0 spiro atoms. The molecule has 5 nitrogen and oxygen atoms in total. The lowest BCUT2D eigenvalue weighted by atomic mass is 10.1. The van der Waals surface area contributed by atoms with Gasteiger partial charge < -0.3 is 14.1 Å². The number of carbonyl (C=O) groups is 1. The Morgan fingerprint density at radius 1 is 1.29 bits per heavy atom. The lowest BCUT2D eigenvalue weighted by Crippen LogP contribution is -2.31. The molecule has 21 heavy (non-hydrogen) atoms. The minimum atomic E-state index is -0.625. The fraction of sp³-hybridized carbons (Fsp3) is 0.333. The van der Waals surface area contributed by atoms with Gasteiger partial charge in [-0.05, 0) is 31.0 Å². The quantitative estimate of drug-likeness (QED) is 0.780. The summed E-state index contributed by atoms with van der Waals surface area (Å²) in [6.07, 6.45) is 1.95. The third-order valence-electron chi connectivity index (χ3n) is 3.61. The molecule has 0 aliphatic carbocycles. The Bertz CT molecular complexity index is 762. The molecule has 2 heterocycles. The molecular weight excluding hydrogens is 338 g/mol. The molecule has 1 aliphatic rings. The van der Waals surface area contributed by atoms with Gasteiger partial charge in [0.1, 0.15) is 5.56 Å². The largest absolute Gasteiger partial charge is 0.493 e. The smallest absolute Gasteiger partial charge is 0.349 e. The van der Waals surface area contributed by atoms with E-state index in [1.54, 1.807) is 23.1 Å². The molecule has 1 saturated heterocycles. The summed E-state index contributed by atoms with van der Waals surface area (Å²) in [5.41, 5.74) is -0.201. The van der Waals surface area contributed by atoms with Crippen LogP contribution in [0.2, 0.25) is 0 Å². The Labute approximate surface area is 129 Å². The summed E-state index contributed by atoms with van der Waals surface area (Å²) in [6.45, 7) is 1.39. The predicted octanol–water partition coefficient (Wildman–Crippen LogP) is 2.80. The van der Waals surface area contributed by atoms with Gasteiger partial charge in [-0.15, -0.1) is 0 Å². The van der Waals surface area contributed by atoms with E-state index in [0.717, 1.165) is 17.3 Å². The van der Waals surface area contributed by atoms with Crippen LogP contribution in [0, 0.1) is 0 Å². The van der Waals surface area contributed by atoms with Crippen LogP contribution in [0.25, 0.3) is 11.0 Å². The second-order valence-corrected chi connectivity index (χ2v) is 5.89. The first kappa shape index (κ1) is 14.1. The van der Waals surface area contributed by atoms with Crippen molar-refractivity contribution in [2.75, 3.05) is 20.2 Å². The zero-order chi connectivity index (χ0) is 15.0. The molecule has 110 valence electrons. The zero-order valence-electron chi connectivity index (χ0n) is 11.5. The molecule has 0 bridgehead atoms. The van der Waals surface area contributed by atoms with E-state index in [9.17, 15) is 9.59 Å². The summed E-state index contributed by atoms with van der Waals surface area (Å²) < 4.78 is 11.3. The number of hydrogen-bond acceptors (Lipinski definition) is 4. The molecule has 0 unspecified atom stereocenters. The second kappa shape index (κ2) is 5.52. The highest BCUT2D eigenvalue weighted by atomic mass is 79.9. The maximum absolute atomic E-state index is 12.4. The summed E-state index contributed by atoms with van der Waals surface area (Å²) in [7, 11) is 1.50. The Balaban J connectivity index is 2.14. The number of amides is 1. The highest BCUT2D eigenvalue weighted by Gasteiger charge is 2.23. The number of fused-ring (bicyclic) bond motifs is 1. The monoisotopic (exact) mass is 351 g/mol. The molecule has 0 saturated carbocycles. The number of halogens is 1. The highest BCUT2D eigenvalue weighted by Crippen LogP contribution is 2.29. The summed E-state index contributed by atoms with van der Waals surface area (Å²) in [5, 5.41) is 0.656. The maximum atomic E-state index is 12.4. The summed E-state index contributed by atoms with van der Waals surface area (Å²) in [6, 6.07) is 5.09. The van der Waals surface area contributed by atoms with Gasteiger partial charge in [-0.2, -0.15) is 0 Å². The first-order valence-corrected chi connectivity index (χ1v) is 7.50. The highest BCUT2D eigenvalue weighted by molar-refractivity contribution is 9.10. The SMILES string of the molecule is COc1cc(Br)cc2cc(C(=O)N3CCCC3)c(=O)oc12. The number of methoxy groups -OCH3 is 1. The molecule has 0 radical (unpaired) electrons. The van der Waals surface area contributed by atoms with Gasteiger partial charge in [0.2, 0.25) is 0 Å². The molecule has 1 aliphatic heterocycles. The molecule has 0 atom stereocenters. The van der Waals surface area contributed by atoms with E-state index in [4.69, 9.17) is 9.15 Å². The number of carbonyl (C=O) groups excluding carboxylic acids is 1. The van der Waals surface area contributed by atoms with Gasteiger partial charge in [0.05, 0.1) is 7.11 Å². The van der Waals surface area contributed by atoms with Gasteiger partial charge in [0.25, 0.3) is 5.91 Å². The number of benzene rings is 1. The first-order valence-electron chi connectivity index (χ1n) is 6.71. The van der Waals surface area contributed by atoms with Crippen molar-refractivity contribution in [3.05, 3.63) is 38.7 Å². The lowest BCUT2D eigenvalue weighted by molar-refractivity contribution is 0.0788. The van der Waals surface area contributed by atoms with Gasteiger partial charge in [-0.1, -0.05) is 15.9 Å². The van der Waals surface area contributed by atoms with Crippen molar-refractivity contribution in [3.63, 3.8) is 0 Å². The fourth-order valence-corrected chi connectivity index (χ4v) is 3.01. The minimum absolute atomic E-state index is 0.0737. The molecule has 1 aromatic carbocycles. The first-order chi connectivity index (χ1) is 10.1. The van der Waals surface area contributed by atoms with Crippen LogP contribution in [-0.2, 0) is 0 Å². The molecule has 1 aromatic heterocycles. The van der Waals surface area contributed by atoms with Gasteiger partial charge in [-0.25, -0.2) is 4.79 Å². The van der Waals surface area contributed by atoms with Crippen molar-refractivity contribution >= 4 is 32.8 Å². The zero-order valence-corrected chi connectivity index (χ0v) is 13.1. The van der Waals surface area contributed by atoms with E-state index < -0.39 is 5.63 Å². The van der Waals surface area contributed by atoms with Crippen molar-refractivity contribution in [2.45, 2.75) is 12.8 Å². The van der Waals surface area contributed by atoms with E-state index in [0.29, 0.717) is 29.8 Å². The maximum Gasteiger partial charge on any atom is 0.349 e. The van der Waals surface area contributed by atoms with Crippen LogP contribution in [0.4, 0.5) is 0 Å². The van der Waals surface area contributed by atoms with Crippen molar-refractivity contribution in [3.8, 4) is 5.75 Å². The van der Waals surface area contributed by atoms with Crippen molar-refractivity contribution in [2.24, 2.45) is 0 Å². The van der Waals surface area contributed by atoms with Crippen LogP contribution in [-0.4, -0.2) is 31.0 Å². The molecule has 0 N–H and O–H groups in total. The van der Waals surface area contributed by atoms with Gasteiger partial charge in [-0.3, -0.25) is 4.79 Å². The topological polar surface area (TPSA) is 59.8 Å². The van der Waals surface area contributed by atoms with Crippen LogP contribution in [0.1, 0.15) is 23.2 Å². The number of ether oxygens (including phenoxy) is 1. The van der Waals surface area contributed by atoms with E-state index in [1.807, 2.05) is 0 Å². The van der Waals surface area contributed by atoms with Gasteiger partial charge in [0, 0.05) is 22.9 Å². The second-order valence-electron chi connectivity index (χ2n) is 4.97. The van der Waals surface area contributed by atoms with E-state index in [1.165, 1.54) is 7.11 Å². The third kappa shape index (κ3) is 2.55. The van der Waals surface area contributed by atoms with Gasteiger partial charge in [0.15, 0.2) is 11.3 Å². The molecule has 2 aromatic rings. The Hall–Kier alpha value is -1.82. The van der Waals surface area contributed by atoms with Crippen LogP contribution >= 0.6 is 15.9 Å². The summed E-state index contributed by atoms with van der Waals surface area (Å²) in [5.74, 6) is 0.193. The van der Waals surface area contributed by atoms with Crippen LogP contribution in [0.3, 0.4) is 0 Å². The number of likely N-dealkylation sites (tertiary alicyclic amines) is 1. The third-order valence-corrected chi connectivity index (χ3v) is 4.06. The molecule has 3 rings (SSSR count). The lowest BCUT2D eigenvalue weighted by Gasteiger charge is -2.14. The number of rotatable bonds is 2.